The zero-order chi connectivity index (χ0) is 10.9. The average molecular weight is 205 g/mol. The summed E-state index contributed by atoms with van der Waals surface area (Å²) in [6, 6.07) is 0. The van der Waals surface area contributed by atoms with Crippen LogP contribution in [-0.2, 0) is 9.53 Å². The van der Waals surface area contributed by atoms with Crippen LogP contribution >= 0.6 is 0 Å². The monoisotopic (exact) mass is 205 g/mol. The molecule has 0 aromatic heterocycles. The van der Waals surface area contributed by atoms with Gasteiger partial charge in [0, 0.05) is 6.54 Å². The van der Waals surface area contributed by atoms with E-state index in [4.69, 9.17) is 15.6 Å². The number of ether oxygens (including phenoxy) is 1. The van der Waals surface area contributed by atoms with Crippen molar-refractivity contribution in [2.75, 3.05) is 6.54 Å². The van der Waals surface area contributed by atoms with Crippen LogP contribution in [0.25, 0.3) is 0 Å². The number of aliphatic hydroxyl groups excluding tert-OH is 1. The van der Waals surface area contributed by atoms with Crippen LogP contribution in [0.2, 0.25) is 0 Å². The predicted octanol–water partition coefficient (Wildman–Crippen LogP) is -1.70. The first-order valence-electron chi connectivity index (χ1n) is 4.39. The maximum Gasteiger partial charge on any atom is 0.306 e. The lowest BCUT2D eigenvalue weighted by Crippen LogP contribution is -2.51. The summed E-state index contributed by atoms with van der Waals surface area (Å²) in [5, 5.41) is 28.1. The molecule has 0 aliphatic carbocycles. The molecule has 1 saturated heterocycles. The van der Waals surface area contributed by atoms with E-state index in [0.717, 1.165) is 0 Å². The number of aliphatic hydroxyl groups is 2. The smallest absolute Gasteiger partial charge is 0.306 e. The highest BCUT2D eigenvalue weighted by atomic mass is 16.5. The summed E-state index contributed by atoms with van der Waals surface area (Å²) in [6.45, 7) is 1.54. The van der Waals surface area contributed by atoms with Gasteiger partial charge in [-0.05, 0) is 6.92 Å². The van der Waals surface area contributed by atoms with E-state index in [0.29, 0.717) is 0 Å². The van der Waals surface area contributed by atoms with E-state index < -0.39 is 36.3 Å². The van der Waals surface area contributed by atoms with Gasteiger partial charge in [-0.3, -0.25) is 4.79 Å². The number of nitrogens with two attached hydrogens (primary N) is 1. The van der Waals surface area contributed by atoms with E-state index in [9.17, 15) is 15.0 Å². The lowest BCUT2D eigenvalue weighted by molar-refractivity contribution is -0.149. The fraction of sp³-hybridized carbons (Fsp3) is 0.875. The van der Waals surface area contributed by atoms with Crippen molar-refractivity contribution < 1.29 is 24.9 Å². The average Bonchev–Trinajstić information content (AvgIpc) is 2.28. The second kappa shape index (κ2) is 3.82. The highest BCUT2D eigenvalue weighted by molar-refractivity contribution is 5.68. The molecule has 1 unspecified atom stereocenters. The van der Waals surface area contributed by atoms with Gasteiger partial charge >= 0.3 is 5.97 Å². The minimum Gasteiger partial charge on any atom is -0.481 e. The normalized spacial score (nSPS) is 42.7. The van der Waals surface area contributed by atoms with E-state index in [1.165, 1.54) is 0 Å². The molecule has 0 radical (unpaired) electrons. The Balaban J connectivity index is 2.85. The highest BCUT2D eigenvalue weighted by Gasteiger charge is 2.54. The van der Waals surface area contributed by atoms with Gasteiger partial charge in [0.2, 0.25) is 0 Å². The van der Waals surface area contributed by atoms with Crippen LogP contribution < -0.4 is 5.73 Å². The molecule has 1 fully saturated rings. The minimum atomic E-state index is -1.78. The third-order valence-corrected chi connectivity index (χ3v) is 2.54. The molecule has 1 heterocycles. The molecule has 14 heavy (non-hydrogen) atoms. The first-order valence-corrected chi connectivity index (χ1v) is 4.39. The minimum absolute atomic E-state index is 0.0226. The molecule has 0 spiro atoms. The van der Waals surface area contributed by atoms with Gasteiger partial charge in [-0.2, -0.15) is 0 Å². The number of hydrogen-bond acceptors (Lipinski definition) is 5. The summed E-state index contributed by atoms with van der Waals surface area (Å²) < 4.78 is 5.15. The third kappa shape index (κ3) is 1.74. The molecular formula is C8H15NO5. The van der Waals surface area contributed by atoms with Crippen molar-refractivity contribution >= 4 is 5.97 Å². The molecule has 5 N–H and O–H groups in total. The zero-order valence-corrected chi connectivity index (χ0v) is 7.88. The van der Waals surface area contributed by atoms with Crippen molar-refractivity contribution in [3.63, 3.8) is 0 Å². The lowest BCUT2D eigenvalue weighted by atomic mass is 9.87. The number of aliphatic carboxylic acids is 1. The van der Waals surface area contributed by atoms with Crippen LogP contribution in [0.5, 0.6) is 0 Å². The Labute approximate surface area is 81.3 Å². The summed E-state index contributed by atoms with van der Waals surface area (Å²) in [6.07, 6.45) is -3.22. The van der Waals surface area contributed by atoms with Crippen LogP contribution in [0.15, 0.2) is 0 Å². The fourth-order valence-corrected chi connectivity index (χ4v) is 1.77. The number of hydrogen-bond donors (Lipinski definition) is 4. The summed E-state index contributed by atoms with van der Waals surface area (Å²) in [4.78, 5) is 10.5. The van der Waals surface area contributed by atoms with Crippen molar-refractivity contribution in [1.82, 2.24) is 0 Å². The Morgan fingerprint density at radius 3 is 2.64 bits per heavy atom. The summed E-state index contributed by atoms with van der Waals surface area (Å²) in [5.41, 5.74) is 3.54. The number of carbonyl (C=O) groups is 1. The van der Waals surface area contributed by atoms with E-state index in [1.807, 2.05) is 0 Å². The van der Waals surface area contributed by atoms with Crippen molar-refractivity contribution in [2.24, 2.45) is 5.73 Å². The number of rotatable bonds is 3. The van der Waals surface area contributed by atoms with E-state index in [-0.39, 0.29) is 6.54 Å². The molecule has 1 aliphatic rings. The Kier molecular flexibility index (Phi) is 3.10. The molecule has 0 saturated carbocycles. The molecule has 0 bridgehead atoms. The van der Waals surface area contributed by atoms with Crippen LogP contribution in [0.1, 0.15) is 13.3 Å². The van der Waals surface area contributed by atoms with Gasteiger partial charge in [0.25, 0.3) is 0 Å². The Bertz CT molecular complexity index is 234. The van der Waals surface area contributed by atoms with Crippen LogP contribution in [0.3, 0.4) is 0 Å². The molecule has 6 heteroatoms. The van der Waals surface area contributed by atoms with E-state index >= 15 is 0 Å². The molecule has 0 aromatic rings. The summed E-state index contributed by atoms with van der Waals surface area (Å²) in [7, 11) is 0. The molecule has 4 atom stereocenters. The molecular weight excluding hydrogens is 190 g/mol. The molecule has 6 nitrogen and oxygen atoms in total. The maximum atomic E-state index is 10.5. The predicted molar refractivity (Wildman–Crippen MR) is 46.6 cm³/mol. The number of carboxylic acids is 1. The fourth-order valence-electron chi connectivity index (χ4n) is 1.77. The first kappa shape index (κ1) is 11.4. The largest absolute Gasteiger partial charge is 0.481 e. The highest BCUT2D eigenvalue weighted by Crippen LogP contribution is 2.33. The molecule has 0 aromatic carbocycles. The topological polar surface area (TPSA) is 113 Å². The molecule has 0 amide bonds. The van der Waals surface area contributed by atoms with Crippen molar-refractivity contribution in [3.8, 4) is 0 Å². The first-order chi connectivity index (χ1) is 6.41. The van der Waals surface area contributed by atoms with Crippen LogP contribution in [0, 0.1) is 0 Å². The van der Waals surface area contributed by atoms with E-state index in [1.54, 1.807) is 6.92 Å². The molecule has 82 valence electrons. The lowest BCUT2D eigenvalue weighted by Gasteiger charge is -2.28. The van der Waals surface area contributed by atoms with Gasteiger partial charge in [0.1, 0.15) is 17.8 Å². The Morgan fingerprint density at radius 1 is 1.64 bits per heavy atom. The van der Waals surface area contributed by atoms with Crippen molar-refractivity contribution in [3.05, 3.63) is 0 Å². The molecule has 1 aliphatic heterocycles. The van der Waals surface area contributed by atoms with Crippen LogP contribution in [-0.4, -0.2) is 51.7 Å². The second-order valence-electron chi connectivity index (χ2n) is 3.57. The zero-order valence-electron chi connectivity index (χ0n) is 7.88. The quantitative estimate of drug-likeness (QED) is 0.437. The van der Waals surface area contributed by atoms with Crippen LogP contribution in [0.4, 0.5) is 0 Å². The van der Waals surface area contributed by atoms with Gasteiger partial charge in [-0.1, -0.05) is 0 Å². The number of carboxylic acid groups (broad SMARTS) is 1. The van der Waals surface area contributed by atoms with Gasteiger partial charge in [0.05, 0.1) is 12.5 Å². The second-order valence-corrected chi connectivity index (χ2v) is 3.57. The summed E-state index contributed by atoms with van der Waals surface area (Å²) >= 11 is 0. The Hall–Kier alpha value is -0.690. The van der Waals surface area contributed by atoms with Gasteiger partial charge in [-0.25, -0.2) is 0 Å². The van der Waals surface area contributed by atoms with Gasteiger partial charge < -0.3 is 25.8 Å². The van der Waals surface area contributed by atoms with Crippen molar-refractivity contribution in [2.45, 2.75) is 37.3 Å². The van der Waals surface area contributed by atoms with E-state index in [2.05, 4.69) is 0 Å². The summed E-state index contributed by atoms with van der Waals surface area (Å²) in [5.74, 6) is -1.19. The van der Waals surface area contributed by atoms with Gasteiger partial charge in [0.15, 0.2) is 0 Å². The SMILES string of the molecule is C[C@H]1O[C@H](CN)[C@@](O)(CC(=O)O)C1O. The Morgan fingerprint density at radius 2 is 2.21 bits per heavy atom. The van der Waals surface area contributed by atoms with Gasteiger partial charge in [-0.15, -0.1) is 0 Å². The maximum absolute atomic E-state index is 10.5. The van der Waals surface area contributed by atoms with Crippen molar-refractivity contribution in [1.29, 1.82) is 0 Å². The standard InChI is InChI=1S/C8H15NO5/c1-4-7(12)8(13,2-6(10)11)5(3-9)14-4/h4-5,7,12-13H,2-3,9H2,1H3,(H,10,11)/t4-,5-,7?,8+/m1/s1. The third-order valence-electron chi connectivity index (χ3n) is 2.54. The molecule has 1 rings (SSSR count).